The van der Waals surface area contributed by atoms with Crippen molar-refractivity contribution >= 4 is 56.0 Å². The van der Waals surface area contributed by atoms with E-state index in [0.29, 0.717) is 23.1 Å². The second kappa shape index (κ2) is 9.95. The van der Waals surface area contributed by atoms with Gasteiger partial charge in [-0.1, -0.05) is 41.9 Å². The maximum absolute atomic E-state index is 12.8. The van der Waals surface area contributed by atoms with Crippen molar-refractivity contribution in [3.05, 3.63) is 75.8 Å². The number of ether oxygens (including phenoxy) is 1. The number of halogens is 1. The molecule has 0 saturated carbocycles. The number of methoxy groups -OCH3 is 1. The summed E-state index contributed by atoms with van der Waals surface area (Å²) >= 11 is 8.78. The number of thiocarbonyl (C=S) groups is 1. The molecule has 0 aliphatic heterocycles. The van der Waals surface area contributed by atoms with E-state index in [1.807, 2.05) is 31.2 Å². The van der Waals surface area contributed by atoms with Gasteiger partial charge in [0.2, 0.25) is 5.89 Å². The highest BCUT2D eigenvalue weighted by Gasteiger charge is 2.16. The molecule has 0 unspecified atom stereocenters. The molecule has 0 atom stereocenters. The molecule has 0 spiro atoms. The first kappa shape index (κ1) is 23.9. The Morgan fingerprint density at radius 2 is 1.91 bits per heavy atom. The number of benzene rings is 3. The summed E-state index contributed by atoms with van der Waals surface area (Å²) in [6.45, 7) is 6.25. The summed E-state index contributed by atoms with van der Waals surface area (Å²) in [6.07, 6.45) is 0. The normalized spacial score (nSPS) is 11.0. The third-order valence-corrected chi connectivity index (χ3v) is 6.14. The maximum atomic E-state index is 12.8. The van der Waals surface area contributed by atoms with Gasteiger partial charge in [0.25, 0.3) is 5.91 Å². The van der Waals surface area contributed by atoms with Crippen LogP contribution in [0.1, 0.15) is 41.3 Å². The standard InChI is InChI=1S/C26H24BrN3O3S/c1-14(2)16-7-9-23-21(11-16)28-25(33-23)17-6-5-15(3)20(12-17)29-26(34)30-24(31)19-13-18(27)8-10-22(19)32-4/h5-14H,1-4H3,(H2,29,30,31,34). The molecule has 34 heavy (non-hydrogen) atoms. The number of hydrogen-bond acceptors (Lipinski definition) is 5. The maximum Gasteiger partial charge on any atom is 0.261 e. The average molecular weight is 538 g/mol. The fraction of sp³-hybridized carbons (Fsp3) is 0.192. The summed E-state index contributed by atoms with van der Waals surface area (Å²) in [7, 11) is 1.52. The second-order valence-electron chi connectivity index (χ2n) is 8.18. The van der Waals surface area contributed by atoms with Crippen molar-refractivity contribution in [1.29, 1.82) is 0 Å². The molecule has 0 aliphatic carbocycles. The lowest BCUT2D eigenvalue weighted by Gasteiger charge is -2.14. The van der Waals surface area contributed by atoms with Crippen LogP contribution >= 0.6 is 28.1 Å². The lowest BCUT2D eigenvalue weighted by Crippen LogP contribution is -2.34. The lowest BCUT2D eigenvalue weighted by molar-refractivity contribution is 0.0974. The Balaban J connectivity index is 1.55. The Labute approximate surface area is 211 Å². The van der Waals surface area contributed by atoms with E-state index >= 15 is 0 Å². The number of oxazole rings is 1. The van der Waals surface area contributed by atoms with Gasteiger partial charge in [-0.2, -0.15) is 0 Å². The van der Waals surface area contributed by atoms with Gasteiger partial charge in [-0.25, -0.2) is 4.98 Å². The van der Waals surface area contributed by atoms with Crippen LogP contribution in [0, 0.1) is 6.92 Å². The van der Waals surface area contributed by atoms with Crippen molar-refractivity contribution in [2.75, 3.05) is 12.4 Å². The summed E-state index contributed by atoms with van der Waals surface area (Å²) < 4.78 is 12.0. The number of amides is 1. The van der Waals surface area contributed by atoms with Crippen LogP contribution in [0.15, 0.2) is 63.5 Å². The molecule has 1 aromatic heterocycles. The van der Waals surface area contributed by atoms with Crippen LogP contribution in [0.2, 0.25) is 0 Å². The molecule has 0 aliphatic rings. The largest absolute Gasteiger partial charge is 0.496 e. The Bertz CT molecular complexity index is 1400. The molecule has 8 heteroatoms. The fourth-order valence-electron chi connectivity index (χ4n) is 3.50. The van der Waals surface area contributed by atoms with Crippen molar-refractivity contribution in [2.24, 2.45) is 0 Å². The molecule has 174 valence electrons. The average Bonchev–Trinajstić information content (AvgIpc) is 3.23. The van der Waals surface area contributed by atoms with Crippen LogP contribution in [0.4, 0.5) is 5.69 Å². The fourth-order valence-corrected chi connectivity index (χ4v) is 4.06. The predicted molar refractivity (Wildman–Crippen MR) is 143 cm³/mol. The number of anilines is 1. The van der Waals surface area contributed by atoms with E-state index in [4.69, 9.17) is 21.4 Å². The van der Waals surface area contributed by atoms with Gasteiger partial charge >= 0.3 is 0 Å². The molecule has 0 fully saturated rings. The van der Waals surface area contributed by atoms with E-state index in [2.05, 4.69) is 57.5 Å². The van der Waals surface area contributed by atoms with E-state index in [1.165, 1.54) is 12.7 Å². The van der Waals surface area contributed by atoms with Gasteiger partial charge in [0.15, 0.2) is 10.7 Å². The number of carbonyl (C=O) groups is 1. The number of fused-ring (bicyclic) bond motifs is 1. The Kier molecular flexibility index (Phi) is 7.00. The van der Waals surface area contributed by atoms with Crippen molar-refractivity contribution in [3.8, 4) is 17.2 Å². The van der Waals surface area contributed by atoms with Crippen LogP contribution in [0.25, 0.3) is 22.6 Å². The van der Waals surface area contributed by atoms with E-state index < -0.39 is 0 Å². The highest BCUT2D eigenvalue weighted by atomic mass is 79.9. The third-order valence-electron chi connectivity index (χ3n) is 5.44. The molecule has 3 aromatic carbocycles. The molecule has 0 saturated heterocycles. The van der Waals surface area contributed by atoms with Gasteiger partial charge in [-0.05, 0) is 78.7 Å². The summed E-state index contributed by atoms with van der Waals surface area (Å²) in [5.41, 5.74) is 5.65. The zero-order valence-corrected chi connectivity index (χ0v) is 21.6. The number of carbonyl (C=O) groups excluding carboxylic acids is 1. The summed E-state index contributed by atoms with van der Waals surface area (Å²) in [5, 5.41) is 5.99. The summed E-state index contributed by atoms with van der Waals surface area (Å²) in [4.78, 5) is 17.4. The number of hydrogen-bond donors (Lipinski definition) is 2. The minimum absolute atomic E-state index is 0.173. The van der Waals surface area contributed by atoms with E-state index in [9.17, 15) is 4.79 Å². The van der Waals surface area contributed by atoms with Crippen molar-refractivity contribution in [1.82, 2.24) is 10.3 Å². The van der Waals surface area contributed by atoms with Crippen LogP contribution in [-0.2, 0) is 0 Å². The smallest absolute Gasteiger partial charge is 0.261 e. The van der Waals surface area contributed by atoms with Crippen molar-refractivity contribution in [3.63, 3.8) is 0 Å². The van der Waals surface area contributed by atoms with Gasteiger partial charge in [0, 0.05) is 15.7 Å². The predicted octanol–water partition coefficient (Wildman–Crippen LogP) is 6.82. The van der Waals surface area contributed by atoms with Crippen molar-refractivity contribution in [2.45, 2.75) is 26.7 Å². The molecule has 1 amide bonds. The molecule has 4 rings (SSSR count). The first-order valence-corrected chi connectivity index (χ1v) is 11.9. The van der Waals surface area contributed by atoms with Gasteiger partial charge in [0.05, 0.1) is 12.7 Å². The van der Waals surface area contributed by atoms with E-state index in [0.717, 1.165) is 32.4 Å². The van der Waals surface area contributed by atoms with Crippen LogP contribution in [0.5, 0.6) is 5.75 Å². The molecule has 1 heterocycles. The Hall–Kier alpha value is -3.23. The SMILES string of the molecule is COc1ccc(Br)cc1C(=O)NC(=S)Nc1cc(-c2nc3cc(C(C)C)ccc3o2)ccc1C. The quantitative estimate of drug-likeness (QED) is 0.272. The minimum atomic E-state index is -0.371. The summed E-state index contributed by atoms with van der Waals surface area (Å²) in [6, 6.07) is 17.1. The van der Waals surface area contributed by atoms with Crippen LogP contribution in [-0.4, -0.2) is 23.1 Å². The molecule has 4 aromatic rings. The molecular formula is C26H24BrN3O3S. The molecule has 0 radical (unpaired) electrons. The number of aryl methyl sites for hydroxylation is 1. The third kappa shape index (κ3) is 5.13. The first-order chi connectivity index (χ1) is 16.2. The number of rotatable bonds is 5. The molecular weight excluding hydrogens is 514 g/mol. The van der Waals surface area contributed by atoms with Crippen LogP contribution in [0.3, 0.4) is 0 Å². The number of nitrogens with zero attached hydrogens (tertiary/aromatic N) is 1. The Morgan fingerprint density at radius 3 is 2.65 bits per heavy atom. The van der Waals surface area contributed by atoms with Gasteiger partial charge in [0.1, 0.15) is 11.3 Å². The first-order valence-electron chi connectivity index (χ1n) is 10.7. The highest BCUT2D eigenvalue weighted by molar-refractivity contribution is 9.10. The molecule has 2 N–H and O–H groups in total. The second-order valence-corrected chi connectivity index (χ2v) is 9.51. The van der Waals surface area contributed by atoms with Crippen LogP contribution < -0.4 is 15.4 Å². The minimum Gasteiger partial charge on any atom is -0.496 e. The Morgan fingerprint density at radius 1 is 1.12 bits per heavy atom. The topological polar surface area (TPSA) is 76.4 Å². The molecule has 6 nitrogen and oxygen atoms in total. The number of aromatic nitrogens is 1. The van der Waals surface area contributed by atoms with Gasteiger partial charge < -0.3 is 14.5 Å². The van der Waals surface area contributed by atoms with Gasteiger partial charge in [-0.3, -0.25) is 10.1 Å². The summed E-state index contributed by atoms with van der Waals surface area (Å²) in [5.74, 6) is 1.02. The zero-order valence-electron chi connectivity index (χ0n) is 19.2. The zero-order chi connectivity index (χ0) is 24.4. The monoisotopic (exact) mass is 537 g/mol. The van der Waals surface area contributed by atoms with Gasteiger partial charge in [-0.15, -0.1) is 0 Å². The number of nitrogens with one attached hydrogen (secondary N) is 2. The van der Waals surface area contributed by atoms with E-state index in [-0.39, 0.29) is 11.0 Å². The lowest BCUT2D eigenvalue weighted by atomic mass is 10.0. The van der Waals surface area contributed by atoms with E-state index in [1.54, 1.807) is 18.2 Å². The molecule has 0 bridgehead atoms. The highest BCUT2D eigenvalue weighted by Crippen LogP contribution is 2.30. The van der Waals surface area contributed by atoms with Crippen molar-refractivity contribution < 1.29 is 13.9 Å².